The molecule has 7 nitrogen and oxygen atoms in total. The molecule has 2 aromatic heterocycles. The number of amides is 1. The van der Waals surface area contributed by atoms with E-state index < -0.39 is 11.7 Å². The number of hydrogen-bond donors (Lipinski definition) is 1. The van der Waals surface area contributed by atoms with E-state index in [1.54, 1.807) is 30.5 Å². The molecule has 1 amide bonds. The molecule has 2 heterocycles. The van der Waals surface area contributed by atoms with Gasteiger partial charge in [0.1, 0.15) is 28.6 Å². The van der Waals surface area contributed by atoms with Crippen LogP contribution in [0.3, 0.4) is 0 Å². The summed E-state index contributed by atoms with van der Waals surface area (Å²) in [5, 5.41) is 11.2. The lowest BCUT2D eigenvalue weighted by Gasteiger charge is -2.08. The first-order chi connectivity index (χ1) is 13.1. The van der Waals surface area contributed by atoms with E-state index in [0.29, 0.717) is 27.8 Å². The second-order valence-corrected chi connectivity index (χ2v) is 5.64. The molecule has 0 aliphatic heterocycles. The zero-order valence-corrected chi connectivity index (χ0v) is 14.8. The number of nitrogens with one attached hydrogen (secondary N) is 1. The molecular weight excluding hydrogens is 373 g/mol. The standard InChI is InChI=1S/C18H13ClFN5O2/c1-27-17-8-12(23-18(26)16-4-2-11(20)9-22-16)3-5-15(17)25-24-14-6-7-21-10-13(14)19/h2-10H,1H3,(H,23,26)/b25-24+. The molecule has 0 atom stereocenters. The first-order valence-electron chi connectivity index (χ1n) is 7.69. The van der Waals surface area contributed by atoms with E-state index in [9.17, 15) is 9.18 Å². The van der Waals surface area contributed by atoms with Crippen LogP contribution in [0.25, 0.3) is 0 Å². The smallest absolute Gasteiger partial charge is 0.274 e. The molecule has 0 radical (unpaired) electrons. The molecule has 0 aliphatic carbocycles. The number of benzene rings is 1. The van der Waals surface area contributed by atoms with Crippen LogP contribution in [0.2, 0.25) is 5.02 Å². The van der Waals surface area contributed by atoms with Gasteiger partial charge in [0.25, 0.3) is 5.91 Å². The normalized spacial score (nSPS) is 10.8. The largest absolute Gasteiger partial charge is 0.494 e. The number of pyridine rings is 2. The summed E-state index contributed by atoms with van der Waals surface area (Å²) >= 11 is 5.99. The minimum atomic E-state index is -0.516. The zero-order valence-electron chi connectivity index (χ0n) is 14.1. The Morgan fingerprint density at radius 3 is 2.67 bits per heavy atom. The van der Waals surface area contributed by atoms with Gasteiger partial charge in [-0.25, -0.2) is 9.37 Å². The monoisotopic (exact) mass is 385 g/mol. The molecule has 1 N–H and O–H groups in total. The summed E-state index contributed by atoms with van der Waals surface area (Å²) in [6, 6.07) is 8.93. The molecule has 0 fully saturated rings. The molecule has 0 unspecified atom stereocenters. The van der Waals surface area contributed by atoms with Gasteiger partial charge in [0.15, 0.2) is 0 Å². The fourth-order valence-electron chi connectivity index (χ4n) is 2.10. The van der Waals surface area contributed by atoms with Gasteiger partial charge in [0, 0.05) is 24.1 Å². The fraction of sp³-hybridized carbons (Fsp3) is 0.0556. The SMILES string of the molecule is COc1cc(NC(=O)c2ccc(F)cn2)ccc1/N=N/c1ccncc1Cl. The number of hydrogen-bond acceptors (Lipinski definition) is 6. The van der Waals surface area contributed by atoms with Gasteiger partial charge in [-0.15, -0.1) is 10.2 Å². The predicted octanol–water partition coefficient (Wildman–Crippen LogP) is 4.95. The van der Waals surface area contributed by atoms with E-state index in [0.717, 1.165) is 12.3 Å². The first-order valence-corrected chi connectivity index (χ1v) is 8.07. The van der Waals surface area contributed by atoms with E-state index >= 15 is 0 Å². The second-order valence-electron chi connectivity index (χ2n) is 5.23. The lowest BCUT2D eigenvalue weighted by atomic mass is 10.2. The number of carbonyl (C=O) groups excluding carboxylic acids is 1. The highest BCUT2D eigenvalue weighted by molar-refractivity contribution is 6.32. The van der Waals surface area contributed by atoms with Crippen molar-refractivity contribution in [3.05, 3.63) is 71.5 Å². The predicted molar refractivity (Wildman–Crippen MR) is 98.6 cm³/mol. The molecule has 1 aromatic carbocycles. The van der Waals surface area contributed by atoms with Crippen molar-refractivity contribution in [1.82, 2.24) is 9.97 Å². The van der Waals surface area contributed by atoms with Crippen LogP contribution in [-0.4, -0.2) is 23.0 Å². The summed E-state index contributed by atoms with van der Waals surface area (Å²) in [7, 11) is 1.47. The van der Waals surface area contributed by atoms with Crippen LogP contribution in [0.4, 0.5) is 21.5 Å². The molecule has 27 heavy (non-hydrogen) atoms. The number of aromatic nitrogens is 2. The highest BCUT2D eigenvalue weighted by Gasteiger charge is 2.10. The number of carbonyl (C=O) groups is 1. The van der Waals surface area contributed by atoms with Crippen molar-refractivity contribution >= 4 is 34.6 Å². The minimum absolute atomic E-state index is 0.0893. The summed E-state index contributed by atoms with van der Waals surface area (Å²) in [4.78, 5) is 19.8. The van der Waals surface area contributed by atoms with Crippen molar-refractivity contribution in [3.8, 4) is 5.75 Å². The maximum Gasteiger partial charge on any atom is 0.274 e. The summed E-state index contributed by atoms with van der Waals surface area (Å²) in [5.74, 6) is -0.596. The van der Waals surface area contributed by atoms with Gasteiger partial charge in [-0.2, -0.15) is 0 Å². The molecule has 136 valence electrons. The van der Waals surface area contributed by atoms with Crippen LogP contribution in [0.1, 0.15) is 10.5 Å². The molecule has 3 aromatic rings. The van der Waals surface area contributed by atoms with E-state index in [-0.39, 0.29) is 5.69 Å². The van der Waals surface area contributed by atoms with Crippen LogP contribution in [0.5, 0.6) is 5.75 Å². The number of rotatable bonds is 5. The van der Waals surface area contributed by atoms with Gasteiger partial charge in [0.05, 0.1) is 18.3 Å². The summed E-state index contributed by atoms with van der Waals surface area (Å²) in [6.45, 7) is 0. The molecular formula is C18H13ClFN5O2. The van der Waals surface area contributed by atoms with Crippen LogP contribution in [0.15, 0.2) is 65.2 Å². The van der Waals surface area contributed by atoms with Crippen molar-refractivity contribution in [1.29, 1.82) is 0 Å². The number of azo groups is 1. The van der Waals surface area contributed by atoms with E-state index in [2.05, 4.69) is 25.5 Å². The van der Waals surface area contributed by atoms with E-state index in [1.165, 1.54) is 19.4 Å². The van der Waals surface area contributed by atoms with Crippen LogP contribution < -0.4 is 10.1 Å². The van der Waals surface area contributed by atoms with Crippen LogP contribution in [-0.2, 0) is 0 Å². The molecule has 3 rings (SSSR count). The zero-order chi connectivity index (χ0) is 19.2. The average molecular weight is 386 g/mol. The topological polar surface area (TPSA) is 88.8 Å². The van der Waals surface area contributed by atoms with Crippen molar-refractivity contribution < 1.29 is 13.9 Å². The number of methoxy groups -OCH3 is 1. The Balaban J connectivity index is 1.79. The van der Waals surface area contributed by atoms with Gasteiger partial charge in [-0.3, -0.25) is 9.78 Å². The fourth-order valence-corrected chi connectivity index (χ4v) is 2.26. The quantitative estimate of drug-likeness (QED) is 0.629. The number of ether oxygens (including phenoxy) is 1. The average Bonchev–Trinajstić information content (AvgIpc) is 2.68. The highest BCUT2D eigenvalue weighted by Crippen LogP contribution is 2.33. The maximum atomic E-state index is 12.9. The third-order valence-corrected chi connectivity index (χ3v) is 3.71. The molecule has 0 aliphatic rings. The summed E-state index contributed by atoms with van der Waals surface area (Å²) in [5.41, 5.74) is 1.46. The molecule has 9 heteroatoms. The Hall–Kier alpha value is -3.39. The van der Waals surface area contributed by atoms with Crippen LogP contribution in [0, 0.1) is 5.82 Å². The Kier molecular flexibility index (Phi) is 5.68. The van der Waals surface area contributed by atoms with Crippen molar-refractivity contribution in [2.45, 2.75) is 0 Å². The van der Waals surface area contributed by atoms with Gasteiger partial charge >= 0.3 is 0 Å². The highest BCUT2D eigenvalue weighted by atomic mass is 35.5. The third kappa shape index (κ3) is 4.62. The number of nitrogens with zero attached hydrogens (tertiary/aromatic N) is 4. The van der Waals surface area contributed by atoms with Crippen LogP contribution >= 0.6 is 11.6 Å². The van der Waals surface area contributed by atoms with Gasteiger partial charge in [0.2, 0.25) is 0 Å². The minimum Gasteiger partial charge on any atom is -0.494 e. The molecule has 0 saturated heterocycles. The van der Waals surface area contributed by atoms with Crippen molar-refractivity contribution in [2.24, 2.45) is 10.2 Å². The van der Waals surface area contributed by atoms with Gasteiger partial charge < -0.3 is 10.1 Å². The molecule has 0 saturated carbocycles. The second kappa shape index (κ2) is 8.33. The Morgan fingerprint density at radius 2 is 1.96 bits per heavy atom. The Bertz CT molecular complexity index is 995. The summed E-state index contributed by atoms with van der Waals surface area (Å²) < 4.78 is 18.2. The molecule has 0 bridgehead atoms. The lowest BCUT2D eigenvalue weighted by Crippen LogP contribution is -2.13. The van der Waals surface area contributed by atoms with E-state index in [4.69, 9.17) is 16.3 Å². The lowest BCUT2D eigenvalue weighted by molar-refractivity contribution is 0.102. The molecule has 0 spiro atoms. The Morgan fingerprint density at radius 1 is 1.15 bits per heavy atom. The number of anilines is 1. The first kappa shape index (κ1) is 18.4. The van der Waals surface area contributed by atoms with Crippen molar-refractivity contribution in [3.63, 3.8) is 0 Å². The van der Waals surface area contributed by atoms with Gasteiger partial charge in [-0.1, -0.05) is 11.6 Å². The van der Waals surface area contributed by atoms with E-state index in [1.807, 2.05) is 0 Å². The van der Waals surface area contributed by atoms with Crippen molar-refractivity contribution in [2.75, 3.05) is 12.4 Å². The third-order valence-electron chi connectivity index (χ3n) is 3.41. The number of halogens is 2. The maximum absolute atomic E-state index is 12.9. The Labute approximate surface area is 158 Å². The summed E-state index contributed by atoms with van der Waals surface area (Å²) in [6.07, 6.45) is 4.00. The van der Waals surface area contributed by atoms with Gasteiger partial charge in [-0.05, 0) is 30.3 Å².